The van der Waals surface area contributed by atoms with Crippen LogP contribution in [-0.4, -0.2) is 17.0 Å². The minimum Gasteiger partial charge on any atom is -0.480 e. The number of carboxylic acids is 1. The second kappa shape index (κ2) is 5.31. The number of carbonyl (C=O) groups is 2. The van der Waals surface area contributed by atoms with E-state index in [0.29, 0.717) is 17.3 Å². The van der Waals surface area contributed by atoms with Crippen molar-refractivity contribution < 1.29 is 14.7 Å². The van der Waals surface area contributed by atoms with Crippen LogP contribution in [0.15, 0.2) is 16.6 Å². The van der Waals surface area contributed by atoms with Gasteiger partial charge in [0.05, 0.1) is 15.7 Å². The summed E-state index contributed by atoms with van der Waals surface area (Å²) >= 11 is 15.2. The summed E-state index contributed by atoms with van der Waals surface area (Å²) in [6, 6.07) is 3.16. The first-order valence-corrected chi connectivity index (χ1v) is 7.11. The molecule has 0 unspecified atom stereocenters. The van der Waals surface area contributed by atoms with E-state index >= 15 is 0 Å². The lowest BCUT2D eigenvalue weighted by molar-refractivity contribution is -0.159. The third-order valence-electron chi connectivity index (χ3n) is 3.30. The highest BCUT2D eigenvalue weighted by Gasteiger charge is 2.51. The molecule has 0 atom stereocenters. The molecule has 1 aromatic carbocycles. The predicted molar refractivity (Wildman–Crippen MR) is 76.7 cm³/mol. The van der Waals surface area contributed by atoms with Gasteiger partial charge in [-0.25, -0.2) is 0 Å². The van der Waals surface area contributed by atoms with E-state index in [1.54, 1.807) is 12.1 Å². The Morgan fingerprint density at radius 2 is 1.79 bits per heavy atom. The molecule has 0 spiro atoms. The van der Waals surface area contributed by atoms with Crippen molar-refractivity contribution in [2.45, 2.75) is 19.3 Å². The van der Waals surface area contributed by atoms with Gasteiger partial charge in [-0.05, 0) is 25.0 Å². The lowest BCUT2D eigenvalue weighted by Crippen LogP contribution is -2.48. The van der Waals surface area contributed by atoms with Crippen LogP contribution in [-0.2, 0) is 9.59 Å². The summed E-state index contributed by atoms with van der Waals surface area (Å²) in [5, 5.41) is 12.2. The topological polar surface area (TPSA) is 66.4 Å². The zero-order valence-electron chi connectivity index (χ0n) is 9.67. The van der Waals surface area contributed by atoms with Gasteiger partial charge in [0.15, 0.2) is 0 Å². The highest BCUT2D eigenvalue weighted by Crippen LogP contribution is 2.43. The molecule has 1 saturated carbocycles. The van der Waals surface area contributed by atoms with Crippen molar-refractivity contribution in [3.8, 4) is 0 Å². The molecule has 7 heteroatoms. The van der Waals surface area contributed by atoms with Crippen LogP contribution in [0.1, 0.15) is 19.3 Å². The minimum absolute atomic E-state index is 0.240. The van der Waals surface area contributed by atoms with Crippen LogP contribution in [0.5, 0.6) is 0 Å². The highest BCUT2D eigenvalue weighted by molar-refractivity contribution is 9.10. The molecule has 0 aliphatic heterocycles. The van der Waals surface area contributed by atoms with E-state index in [4.69, 9.17) is 23.2 Å². The van der Waals surface area contributed by atoms with Crippen LogP contribution >= 0.6 is 39.1 Å². The summed E-state index contributed by atoms with van der Waals surface area (Å²) in [5.41, 5.74) is -1.11. The number of anilines is 1. The van der Waals surface area contributed by atoms with Crippen LogP contribution < -0.4 is 5.32 Å². The van der Waals surface area contributed by atoms with E-state index in [0.717, 1.165) is 6.42 Å². The third-order valence-corrected chi connectivity index (χ3v) is 4.35. The first-order valence-electron chi connectivity index (χ1n) is 5.56. The molecule has 1 aromatic rings. The largest absolute Gasteiger partial charge is 0.480 e. The van der Waals surface area contributed by atoms with Crippen LogP contribution in [0.4, 0.5) is 5.69 Å². The molecule has 1 amide bonds. The van der Waals surface area contributed by atoms with E-state index in [-0.39, 0.29) is 15.7 Å². The van der Waals surface area contributed by atoms with E-state index < -0.39 is 17.3 Å². The molecule has 1 fully saturated rings. The quantitative estimate of drug-likeness (QED) is 0.796. The predicted octanol–water partition coefficient (Wildman–Crippen LogP) is 3.95. The molecule has 102 valence electrons. The van der Waals surface area contributed by atoms with Gasteiger partial charge in [0.1, 0.15) is 5.41 Å². The fraction of sp³-hybridized carbons (Fsp3) is 0.333. The van der Waals surface area contributed by atoms with E-state index in [2.05, 4.69) is 21.2 Å². The summed E-state index contributed by atoms with van der Waals surface area (Å²) in [6.07, 6.45) is 1.39. The number of benzene rings is 1. The molecule has 2 N–H and O–H groups in total. The zero-order chi connectivity index (χ0) is 14.2. The number of amides is 1. The number of halogens is 3. The molecule has 19 heavy (non-hydrogen) atoms. The van der Waals surface area contributed by atoms with Crippen molar-refractivity contribution in [1.29, 1.82) is 0 Å². The number of hydrogen-bond donors (Lipinski definition) is 2. The fourth-order valence-electron chi connectivity index (χ4n) is 1.96. The Balaban J connectivity index is 2.27. The normalized spacial score (nSPS) is 16.6. The Bertz CT molecular complexity index is 535. The van der Waals surface area contributed by atoms with Gasteiger partial charge in [0.2, 0.25) is 5.91 Å². The standard InChI is InChI=1S/C12H10BrCl2NO3/c13-6-4-7(14)9(8(15)5-6)16-10(17)12(11(18)19)2-1-3-12/h4-5H,1-3H2,(H,16,17)(H,18,19). The van der Waals surface area contributed by atoms with Crippen LogP contribution in [0.2, 0.25) is 10.0 Å². The molecule has 0 saturated heterocycles. The van der Waals surface area contributed by atoms with Gasteiger partial charge in [0.25, 0.3) is 0 Å². The summed E-state index contributed by atoms with van der Waals surface area (Å²) in [5.74, 6) is -1.68. The molecule has 4 nitrogen and oxygen atoms in total. The number of rotatable bonds is 3. The number of nitrogens with one attached hydrogen (secondary N) is 1. The maximum atomic E-state index is 12.1. The van der Waals surface area contributed by atoms with Crippen molar-refractivity contribution in [2.75, 3.05) is 5.32 Å². The van der Waals surface area contributed by atoms with Gasteiger partial charge in [-0.1, -0.05) is 45.6 Å². The number of carboxylic acid groups (broad SMARTS) is 1. The van der Waals surface area contributed by atoms with Gasteiger partial charge in [-0.15, -0.1) is 0 Å². The third kappa shape index (κ3) is 2.59. The molecule has 0 radical (unpaired) electrons. The smallest absolute Gasteiger partial charge is 0.319 e. The molecule has 2 rings (SSSR count). The SMILES string of the molecule is O=C(O)C1(C(=O)Nc2c(Cl)cc(Br)cc2Cl)CCC1. The van der Waals surface area contributed by atoms with Gasteiger partial charge >= 0.3 is 5.97 Å². The van der Waals surface area contributed by atoms with Crippen molar-refractivity contribution in [2.24, 2.45) is 5.41 Å². The van der Waals surface area contributed by atoms with Gasteiger partial charge < -0.3 is 10.4 Å². The van der Waals surface area contributed by atoms with E-state index in [1.165, 1.54) is 0 Å². The van der Waals surface area contributed by atoms with Crippen LogP contribution in [0.25, 0.3) is 0 Å². The molecular formula is C12H10BrCl2NO3. The molecule has 0 heterocycles. The lowest BCUT2D eigenvalue weighted by Gasteiger charge is -2.35. The Morgan fingerprint density at radius 1 is 1.26 bits per heavy atom. The molecule has 0 bridgehead atoms. The highest BCUT2D eigenvalue weighted by atomic mass is 79.9. The van der Waals surface area contributed by atoms with Gasteiger partial charge in [-0.3, -0.25) is 9.59 Å². The van der Waals surface area contributed by atoms with E-state index in [9.17, 15) is 14.7 Å². The van der Waals surface area contributed by atoms with Gasteiger partial charge in [0, 0.05) is 4.47 Å². The Labute approximate surface area is 128 Å². The maximum Gasteiger partial charge on any atom is 0.319 e. The maximum absolute atomic E-state index is 12.1. The van der Waals surface area contributed by atoms with Crippen molar-refractivity contribution in [3.05, 3.63) is 26.7 Å². The second-order valence-corrected chi connectivity index (χ2v) is 6.17. The fourth-order valence-corrected chi connectivity index (χ4v) is 3.27. The second-order valence-electron chi connectivity index (χ2n) is 4.44. The van der Waals surface area contributed by atoms with Crippen LogP contribution in [0.3, 0.4) is 0 Å². The zero-order valence-corrected chi connectivity index (χ0v) is 12.8. The van der Waals surface area contributed by atoms with Crippen molar-refractivity contribution in [1.82, 2.24) is 0 Å². The summed E-state index contributed by atoms with van der Waals surface area (Å²) < 4.78 is 0.678. The summed E-state index contributed by atoms with van der Waals surface area (Å²) in [7, 11) is 0. The number of carbonyl (C=O) groups excluding carboxylic acids is 1. The lowest BCUT2D eigenvalue weighted by atomic mass is 9.68. The van der Waals surface area contributed by atoms with Crippen LogP contribution in [0, 0.1) is 5.41 Å². The first kappa shape index (κ1) is 14.6. The Hall–Kier alpha value is -0.780. The minimum atomic E-state index is -1.35. The average molecular weight is 367 g/mol. The Kier molecular flexibility index (Phi) is 4.08. The average Bonchev–Trinajstić information content (AvgIpc) is 2.20. The molecule has 0 aromatic heterocycles. The van der Waals surface area contributed by atoms with Gasteiger partial charge in [-0.2, -0.15) is 0 Å². The molecule has 1 aliphatic carbocycles. The first-order chi connectivity index (χ1) is 8.86. The number of aliphatic carboxylic acids is 1. The molecule has 1 aliphatic rings. The van der Waals surface area contributed by atoms with Crippen molar-refractivity contribution in [3.63, 3.8) is 0 Å². The number of hydrogen-bond acceptors (Lipinski definition) is 2. The molecular weight excluding hydrogens is 357 g/mol. The Morgan fingerprint density at radius 3 is 2.16 bits per heavy atom. The van der Waals surface area contributed by atoms with E-state index in [1.807, 2.05) is 0 Å². The summed E-state index contributed by atoms with van der Waals surface area (Å²) in [6.45, 7) is 0. The van der Waals surface area contributed by atoms with Crippen molar-refractivity contribution >= 4 is 56.7 Å². The monoisotopic (exact) mass is 365 g/mol. The summed E-state index contributed by atoms with van der Waals surface area (Å²) in [4.78, 5) is 23.4.